The van der Waals surface area contributed by atoms with E-state index in [9.17, 15) is 14.7 Å². The number of aliphatic hydroxyl groups is 2. The van der Waals surface area contributed by atoms with Gasteiger partial charge in [0.1, 0.15) is 0 Å². The van der Waals surface area contributed by atoms with Crippen molar-refractivity contribution < 1.29 is 24.5 Å². The highest BCUT2D eigenvalue weighted by atomic mass is 16.6. The summed E-state index contributed by atoms with van der Waals surface area (Å²) < 4.78 is 4.42. The summed E-state index contributed by atoms with van der Waals surface area (Å²) in [6, 6.07) is 0. The molecule has 1 atom stereocenters. The molecule has 0 aromatic heterocycles. The van der Waals surface area contributed by atoms with Crippen molar-refractivity contribution in [2.75, 3.05) is 6.61 Å². The third kappa shape index (κ3) is 8.08. The van der Waals surface area contributed by atoms with Crippen molar-refractivity contribution >= 4 is 11.9 Å². The summed E-state index contributed by atoms with van der Waals surface area (Å²) in [5.41, 5.74) is 0. The molecule has 0 heterocycles. The van der Waals surface area contributed by atoms with E-state index in [1.165, 1.54) is 0 Å². The van der Waals surface area contributed by atoms with Crippen LogP contribution in [0.1, 0.15) is 39.0 Å². The van der Waals surface area contributed by atoms with Crippen molar-refractivity contribution in [1.82, 2.24) is 0 Å². The number of hydrogen-bond donors (Lipinski definition) is 2. The first kappa shape index (κ1) is 14.1. The second-order valence-corrected chi connectivity index (χ2v) is 3.32. The van der Waals surface area contributed by atoms with E-state index in [2.05, 4.69) is 4.74 Å². The summed E-state index contributed by atoms with van der Waals surface area (Å²) in [7, 11) is 0. The number of esters is 2. The average molecular weight is 218 g/mol. The SMILES string of the molecule is CCCC(O)CC(=O)OC(=O)CCCO. The van der Waals surface area contributed by atoms with E-state index in [0.717, 1.165) is 6.42 Å². The summed E-state index contributed by atoms with van der Waals surface area (Å²) in [5, 5.41) is 17.7. The Balaban J connectivity index is 3.68. The van der Waals surface area contributed by atoms with Crippen LogP contribution >= 0.6 is 0 Å². The van der Waals surface area contributed by atoms with Crippen LogP contribution in [0.4, 0.5) is 0 Å². The summed E-state index contributed by atoms with van der Waals surface area (Å²) >= 11 is 0. The maximum Gasteiger partial charge on any atom is 0.316 e. The molecule has 88 valence electrons. The van der Waals surface area contributed by atoms with Crippen LogP contribution in [0.5, 0.6) is 0 Å². The fourth-order valence-corrected chi connectivity index (χ4v) is 1.07. The quantitative estimate of drug-likeness (QED) is 0.476. The van der Waals surface area contributed by atoms with Crippen LogP contribution in [0.15, 0.2) is 0 Å². The second kappa shape index (κ2) is 8.38. The number of rotatable bonds is 7. The molecule has 0 aliphatic heterocycles. The Labute approximate surface area is 89.0 Å². The van der Waals surface area contributed by atoms with Crippen LogP contribution in [0.2, 0.25) is 0 Å². The highest BCUT2D eigenvalue weighted by Gasteiger charge is 2.14. The normalized spacial score (nSPS) is 12.2. The Kier molecular flexibility index (Phi) is 7.85. The van der Waals surface area contributed by atoms with Gasteiger partial charge in [0.25, 0.3) is 0 Å². The van der Waals surface area contributed by atoms with Crippen LogP contribution < -0.4 is 0 Å². The Morgan fingerprint density at radius 2 is 2.00 bits per heavy atom. The van der Waals surface area contributed by atoms with E-state index in [-0.39, 0.29) is 25.9 Å². The molecule has 0 radical (unpaired) electrons. The molecule has 0 aromatic rings. The van der Waals surface area contributed by atoms with Gasteiger partial charge in [0, 0.05) is 13.0 Å². The number of aliphatic hydroxyl groups excluding tert-OH is 2. The minimum atomic E-state index is -0.742. The lowest BCUT2D eigenvalue weighted by molar-refractivity contribution is -0.161. The summed E-state index contributed by atoms with van der Waals surface area (Å²) in [4.78, 5) is 22.0. The highest BCUT2D eigenvalue weighted by Crippen LogP contribution is 2.03. The van der Waals surface area contributed by atoms with Crippen LogP contribution in [-0.4, -0.2) is 34.9 Å². The van der Waals surface area contributed by atoms with Crippen LogP contribution in [0.25, 0.3) is 0 Å². The van der Waals surface area contributed by atoms with Gasteiger partial charge in [0.15, 0.2) is 0 Å². The number of carbonyl (C=O) groups is 2. The highest BCUT2D eigenvalue weighted by molar-refractivity contribution is 5.85. The van der Waals surface area contributed by atoms with Crippen molar-refractivity contribution in [3.05, 3.63) is 0 Å². The Bertz CT molecular complexity index is 202. The molecule has 2 N–H and O–H groups in total. The van der Waals surface area contributed by atoms with E-state index in [0.29, 0.717) is 6.42 Å². The Morgan fingerprint density at radius 3 is 2.53 bits per heavy atom. The maximum absolute atomic E-state index is 11.0. The van der Waals surface area contributed by atoms with Gasteiger partial charge in [0.05, 0.1) is 12.5 Å². The molecule has 0 bridgehead atoms. The molecule has 0 aromatic carbocycles. The minimum Gasteiger partial charge on any atom is -0.396 e. The zero-order valence-electron chi connectivity index (χ0n) is 8.94. The largest absolute Gasteiger partial charge is 0.396 e. The zero-order valence-corrected chi connectivity index (χ0v) is 8.94. The fourth-order valence-electron chi connectivity index (χ4n) is 1.07. The number of ether oxygens (including phenoxy) is 1. The minimum absolute atomic E-state index is 0.0200. The molecule has 0 spiro atoms. The van der Waals surface area contributed by atoms with Gasteiger partial charge in [-0.3, -0.25) is 9.59 Å². The molecule has 0 amide bonds. The van der Waals surface area contributed by atoms with Gasteiger partial charge in [-0.2, -0.15) is 0 Å². The molecule has 0 saturated heterocycles. The van der Waals surface area contributed by atoms with Gasteiger partial charge in [-0.15, -0.1) is 0 Å². The molecular formula is C10H18O5. The van der Waals surface area contributed by atoms with Gasteiger partial charge < -0.3 is 14.9 Å². The second-order valence-electron chi connectivity index (χ2n) is 3.32. The number of carbonyl (C=O) groups excluding carboxylic acids is 2. The van der Waals surface area contributed by atoms with E-state index < -0.39 is 18.0 Å². The Morgan fingerprint density at radius 1 is 1.33 bits per heavy atom. The predicted molar refractivity (Wildman–Crippen MR) is 53.0 cm³/mol. The smallest absolute Gasteiger partial charge is 0.316 e. The molecule has 0 aliphatic carbocycles. The zero-order chi connectivity index (χ0) is 11.7. The lowest BCUT2D eigenvalue weighted by Crippen LogP contribution is -2.18. The van der Waals surface area contributed by atoms with E-state index >= 15 is 0 Å². The third-order valence-corrected chi connectivity index (χ3v) is 1.79. The first-order valence-corrected chi connectivity index (χ1v) is 5.12. The van der Waals surface area contributed by atoms with E-state index in [4.69, 9.17) is 5.11 Å². The monoisotopic (exact) mass is 218 g/mol. The van der Waals surface area contributed by atoms with Gasteiger partial charge in [-0.1, -0.05) is 13.3 Å². The lowest BCUT2D eigenvalue weighted by atomic mass is 10.1. The predicted octanol–water partition coefficient (Wildman–Crippen LogP) is 0.380. The molecule has 1 unspecified atom stereocenters. The molecule has 0 saturated carbocycles. The molecule has 0 fully saturated rings. The lowest BCUT2D eigenvalue weighted by Gasteiger charge is -2.07. The number of hydrogen-bond acceptors (Lipinski definition) is 5. The van der Waals surface area contributed by atoms with E-state index in [1.807, 2.05) is 6.92 Å². The molecule has 5 nitrogen and oxygen atoms in total. The molecule has 5 heteroatoms. The first-order chi connectivity index (χ1) is 7.10. The molecule has 0 rings (SSSR count). The van der Waals surface area contributed by atoms with Crippen LogP contribution in [-0.2, 0) is 14.3 Å². The van der Waals surface area contributed by atoms with Crippen molar-refractivity contribution in [3.63, 3.8) is 0 Å². The van der Waals surface area contributed by atoms with Gasteiger partial charge in [-0.25, -0.2) is 0 Å². The van der Waals surface area contributed by atoms with Gasteiger partial charge in [-0.05, 0) is 12.8 Å². The van der Waals surface area contributed by atoms with E-state index in [1.54, 1.807) is 0 Å². The maximum atomic E-state index is 11.0. The third-order valence-electron chi connectivity index (χ3n) is 1.79. The van der Waals surface area contributed by atoms with Crippen molar-refractivity contribution in [2.45, 2.75) is 45.1 Å². The van der Waals surface area contributed by atoms with Crippen LogP contribution in [0.3, 0.4) is 0 Å². The summed E-state index contributed by atoms with van der Waals surface area (Å²) in [5.74, 6) is -1.36. The van der Waals surface area contributed by atoms with Crippen molar-refractivity contribution in [3.8, 4) is 0 Å². The van der Waals surface area contributed by atoms with Gasteiger partial charge >= 0.3 is 11.9 Å². The Hall–Kier alpha value is -0.940. The van der Waals surface area contributed by atoms with Crippen LogP contribution in [0, 0.1) is 0 Å². The molecular weight excluding hydrogens is 200 g/mol. The topological polar surface area (TPSA) is 83.8 Å². The molecule has 15 heavy (non-hydrogen) atoms. The fraction of sp³-hybridized carbons (Fsp3) is 0.800. The van der Waals surface area contributed by atoms with Gasteiger partial charge in [0.2, 0.25) is 0 Å². The first-order valence-electron chi connectivity index (χ1n) is 5.12. The summed E-state index contributed by atoms with van der Waals surface area (Å²) in [6.45, 7) is 1.78. The van der Waals surface area contributed by atoms with Crippen molar-refractivity contribution in [1.29, 1.82) is 0 Å². The average Bonchev–Trinajstić information content (AvgIpc) is 2.14. The standard InChI is InChI=1S/C10H18O5/c1-2-4-8(12)7-10(14)15-9(13)5-3-6-11/h8,11-12H,2-7H2,1H3. The summed E-state index contributed by atoms with van der Waals surface area (Å²) in [6.07, 6.45) is 0.689. The molecule has 0 aliphatic rings. The van der Waals surface area contributed by atoms with Crippen molar-refractivity contribution in [2.24, 2.45) is 0 Å².